The third-order valence-corrected chi connectivity index (χ3v) is 8.91. The first-order valence-corrected chi connectivity index (χ1v) is 11.4. The average molecular weight is 388 g/mol. The van der Waals surface area contributed by atoms with Crippen molar-refractivity contribution in [2.24, 2.45) is 0 Å². The number of benzene rings is 4. The normalized spacial score (nSPS) is 15.9. The number of hydrogen-bond acceptors (Lipinski definition) is 3. The van der Waals surface area contributed by atoms with E-state index < -0.39 is 9.28 Å². The van der Waals surface area contributed by atoms with E-state index in [0.717, 1.165) is 0 Å². The minimum atomic E-state index is -1.55. The molecule has 3 nitrogen and oxygen atoms in total. The fraction of sp³-hybridized carbons (Fsp3) is 0.100. The zero-order chi connectivity index (χ0) is 17.7. The van der Waals surface area contributed by atoms with Gasteiger partial charge in [-0.25, -0.2) is 0 Å². The van der Waals surface area contributed by atoms with E-state index >= 15 is 0 Å². The smallest absolute Gasteiger partial charge is 0.412 e. The maximum atomic E-state index is 5.94. The maximum Gasteiger partial charge on any atom is 0.413 e. The van der Waals surface area contributed by atoms with E-state index in [0.29, 0.717) is 0 Å². The molecule has 0 aromatic heterocycles. The van der Waals surface area contributed by atoms with E-state index in [4.69, 9.17) is 12.3 Å². The van der Waals surface area contributed by atoms with Crippen molar-refractivity contribution in [1.29, 1.82) is 0 Å². The van der Waals surface area contributed by atoms with Crippen molar-refractivity contribution in [1.82, 2.24) is 0 Å². The lowest BCUT2D eigenvalue weighted by molar-refractivity contribution is 0.334. The van der Waals surface area contributed by atoms with Crippen LogP contribution >= 0.6 is 0 Å². The van der Waals surface area contributed by atoms with E-state index in [1.807, 2.05) is 0 Å². The first-order chi connectivity index (χ1) is 12.7. The zero-order valence-electron chi connectivity index (χ0n) is 14.4. The summed E-state index contributed by atoms with van der Waals surface area (Å²) in [5.41, 5.74) is 2.54. The second kappa shape index (κ2) is 6.42. The van der Waals surface area contributed by atoms with Gasteiger partial charge >= 0.3 is 29.3 Å². The number of fused-ring (bicyclic) bond motifs is 4. The van der Waals surface area contributed by atoms with Crippen LogP contribution in [0.25, 0.3) is 32.3 Å². The summed E-state index contributed by atoms with van der Waals surface area (Å²) in [5, 5.41) is 8.78. The second-order valence-corrected chi connectivity index (χ2v) is 10.4. The summed E-state index contributed by atoms with van der Waals surface area (Å²) in [6, 6.07) is 19.8. The van der Waals surface area contributed by atoms with Gasteiger partial charge in [-0.3, -0.25) is 0 Å². The summed E-state index contributed by atoms with van der Waals surface area (Å²) in [6.07, 6.45) is 0. The van der Waals surface area contributed by atoms with Gasteiger partial charge in [-0.1, -0.05) is 42.5 Å². The van der Waals surface area contributed by atoms with Gasteiger partial charge in [-0.05, 0) is 69.4 Å². The number of aryl methyl sites for hydroxylation is 1. The van der Waals surface area contributed by atoms with Crippen molar-refractivity contribution in [3.63, 3.8) is 0 Å². The molecular formula is C20H15O3Si3. The summed E-state index contributed by atoms with van der Waals surface area (Å²) in [4.78, 5) is 0. The molecule has 0 bridgehead atoms. The van der Waals surface area contributed by atoms with Crippen molar-refractivity contribution in [3.8, 4) is 0 Å². The molecule has 5 radical (unpaired) electrons. The van der Waals surface area contributed by atoms with Crippen molar-refractivity contribution < 1.29 is 12.3 Å². The Kier molecular flexibility index (Phi) is 4.04. The topological polar surface area (TPSA) is 27.7 Å². The molecule has 1 aliphatic heterocycles. The van der Waals surface area contributed by atoms with Crippen LogP contribution in [0.5, 0.6) is 0 Å². The molecule has 4 aromatic carbocycles. The average Bonchev–Trinajstić information content (AvgIpc) is 2.68. The van der Waals surface area contributed by atoms with E-state index in [2.05, 4.69) is 68.4 Å². The van der Waals surface area contributed by atoms with Gasteiger partial charge in [0.15, 0.2) is 0 Å². The van der Waals surface area contributed by atoms with E-state index in [1.54, 1.807) is 0 Å². The molecule has 1 heterocycles. The van der Waals surface area contributed by atoms with Crippen LogP contribution in [-0.2, 0) is 12.3 Å². The van der Waals surface area contributed by atoms with E-state index in [-0.39, 0.29) is 20.0 Å². The summed E-state index contributed by atoms with van der Waals surface area (Å²) < 4.78 is 17.2. The van der Waals surface area contributed by atoms with Crippen LogP contribution < -0.4 is 5.19 Å². The molecule has 5 rings (SSSR count). The molecule has 1 saturated heterocycles. The summed E-state index contributed by atoms with van der Waals surface area (Å²) in [7, 11) is -1.41. The Morgan fingerprint density at radius 2 is 1.46 bits per heavy atom. The lowest BCUT2D eigenvalue weighted by atomic mass is 9.95. The van der Waals surface area contributed by atoms with Gasteiger partial charge in [0.25, 0.3) is 0 Å². The highest BCUT2D eigenvalue weighted by molar-refractivity contribution is 6.74. The van der Waals surface area contributed by atoms with Gasteiger partial charge in [-0.15, -0.1) is 0 Å². The first kappa shape index (κ1) is 16.4. The molecule has 0 aliphatic carbocycles. The van der Waals surface area contributed by atoms with E-state index in [9.17, 15) is 0 Å². The highest BCUT2D eigenvalue weighted by Gasteiger charge is 2.29. The molecule has 6 heteroatoms. The van der Waals surface area contributed by atoms with Crippen LogP contribution in [0.4, 0.5) is 0 Å². The predicted molar refractivity (Wildman–Crippen MR) is 109 cm³/mol. The van der Waals surface area contributed by atoms with Crippen molar-refractivity contribution in [2.45, 2.75) is 13.8 Å². The largest absolute Gasteiger partial charge is 0.413 e. The lowest BCUT2D eigenvalue weighted by Crippen LogP contribution is -2.46. The molecule has 4 aromatic rings. The Morgan fingerprint density at radius 3 is 2.23 bits per heavy atom. The molecule has 1 fully saturated rings. The highest BCUT2D eigenvalue weighted by atomic mass is 28.4. The minimum Gasteiger partial charge on any atom is -0.412 e. The number of rotatable bonds is 1. The number of hydrogen-bond donors (Lipinski definition) is 0. The van der Waals surface area contributed by atoms with Crippen LogP contribution in [0.15, 0.2) is 54.6 Å². The zero-order valence-corrected chi connectivity index (χ0v) is 17.4. The fourth-order valence-electron chi connectivity index (χ4n) is 3.67. The van der Waals surface area contributed by atoms with Crippen LogP contribution in [-0.4, -0.2) is 29.3 Å². The lowest BCUT2D eigenvalue weighted by Gasteiger charge is -2.23. The molecule has 1 aliphatic rings. The fourth-order valence-corrected chi connectivity index (χ4v) is 7.84. The minimum absolute atomic E-state index is 0.0659. The Hall–Kier alpha value is -1.81. The van der Waals surface area contributed by atoms with Gasteiger partial charge in [-0.2, -0.15) is 0 Å². The molecule has 0 amide bonds. The molecule has 0 spiro atoms. The van der Waals surface area contributed by atoms with Crippen LogP contribution in [0.2, 0.25) is 0 Å². The van der Waals surface area contributed by atoms with Crippen molar-refractivity contribution >= 4 is 66.8 Å². The van der Waals surface area contributed by atoms with Gasteiger partial charge in [0.2, 0.25) is 0 Å². The Bertz CT molecular complexity index is 1150. The summed E-state index contributed by atoms with van der Waals surface area (Å²) in [6.45, 7) is 4.34. The Morgan fingerprint density at radius 1 is 0.769 bits per heavy atom. The molecule has 0 N–H and O–H groups in total. The molecule has 0 saturated carbocycles. The Labute approximate surface area is 158 Å². The standard InChI is InChI=1S/C20H15O3Si3/c1-12-9-17-8-7-16-10-14-5-3-4-6-15(14)11-18(16)19(17)20(13(12)2)26-22-24-21-25-23-26/h3-11H,1-2H3. The van der Waals surface area contributed by atoms with Crippen LogP contribution in [0.1, 0.15) is 11.1 Å². The van der Waals surface area contributed by atoms with Crippen LogP contribution in [0, 0.1) is 13.8 Å². The predicted octanol–water partition coefficient (Wildman–Crippen LogP) is 3.59. The molecule has 125 valence electrons. The SMILES string of the molecule is Cc1cc2ccc3cc4ccccc4cc3c2c([Si]2O[Si]O[Si]O2)c1C. The Balaban J connectivity index is 1.91. The van der Waals surface area contributed by atoms with Crippen LogP contribution in [0.3, 0.4) is 0 Å². The maximum absolute atomic E-state index is 5.94. The first-order valence-electron chi connectivity index (χ1n) is 8.44. The van der Waals surface area contributed by atoms with E-state index in [1.165, 1.54) is 48.6 Å². The highest BCUT2D eigenvalue weighted by Crippen LogP contribution is 2.30. The molecule has 0 unspecified atom stereocenters. The van der Waals surface area contributed by atoms with Crippen molar-refractivity contribution in [2.75, 3.05) is 0 Å². The van der Waals surface area contributed by atoms with Gasteiger partial charge < -0.3 is 12.3 Å². The second-order valence-electron chi connectivity index (χ2n) is 6.54. The third-order valence-electron chi connectivity index (χ3n) is 5.06. The third kappa shape index (κ3) is 2.58. The molecule has 26 heavy (non-hydrogen) atoms. The summed E-state index contributed by atoms with van der Waals surface area (Å²) in [5.74, 6) is 0. The monoisotopic (exact) mass is 387 g/mol. The molecular weight excluding hydrogens is 372 g/mol. The molecule has 0 atom stereocenters. The van der Waals surface area contributed by atoms with Gasteiger partial charge in [0.05, 0.1) is 0 Å². The van der Waals surface area contributed by atoms with Crippen molar-refractivity contribution in [3.05, 3.63) is 65.7 Å². The van der Waals surface area contributed by atoms with Gasteiger partial charge in [0.1, 0.15) is 0 Å². The summed E-state index contributed by atoms with van der Waals surface area (Å²) >= 11 is 0. The quantitative estimate of drug-likeness (QED) is 0.284. The van der Waals surface area contributed by atoms with Gasteiger partial charge in [0, 0.05) is 5.19 Å².